The highest BCUT2D eigenvalue weighted by Crippen LogP contribution is 2.10. The minimum atomic E-state index is -0.848. The lowest BCUT2D eigenvalue weighted by Gasteiger charge is -2.07. The molecule has 5 nitrogen and oxygen atoms in total. The Morgan fingerprint density at radius 1 is 1.05 bits per heavy atom. The standard InChI is InChI=1S/C17H22O5/c1-3-5-9-12-21-22-17(19)15(16(18)20-4-2)13-14-10-7-6-8-11-14/h6-8,10-11,13H,3-5,9,12H2,1-2H3. The summed E-state index contributed by atoms with van der Waals surface area (Å²) in [5, 5.41) is 0. The van der Waals surface area contributed by atoms with Gasteiger partial charge in [-0.2, -0.15) is 4.89 Å². The number of unbranched alkanes of at least 4 members (excludes halogenated alkanes) is 2. The van der Waals surface area contributed by atoms with E-state index in [2.05, 4.69) is 11.8 Å². The quantitative estimate of drug-likeness (QED) is 0.133. The number of rotatable bonds is 9. The zero-order chi connectivity index (χ0) is 16.2. The van der Waals surface area contributed by atoms with Crippen molar-refractivity contribution in [2.45, 2.75) is 33.1 Å². The molecule has 1 rings (SSSR count). The second-order valence-electron chi connectivity index (χ2n) is 4.59. The third-order valence-corrected chi connectivity index (χ3v) is 2.79. The summed E-state index contributed by atoms with van der Waals surface area (Å²) in [4.78, 5) is 33.4. The minimum Gasteiger partial charge on any atom is -0.462 e. The van der Waals surface area contributed by atoms with Crippen molar-refractivity contribution in [3.05, 3.63) is 41.5 Å². The molecule has 0 aromatic heterocycles. The Morgan fingerprint density at radius 2 is 1.77 bits per heavy atom. The van der Waals surface area contributed by atoms with Gasteiger partial charge in [0.25, 0.3) is 0 Å². The number of hydrogen-bond acceptors (Lipinski definition) is 5. The number of benzene rings is 1. The van der Waals surface area contributed by atoms with Crippen LogP contribution < -0.4 is 0 Å². The first-order valence-corrected chi connectivity index (χ1v) is 7.46. The summed E-state index contributed by atoms with van der Waals surface area (Å²) in [5.74, 6) is -1.58. The first kappa shape index (κ1) is 17.9. The summed E-state index contributed by atoms with van der Waals surface area (Å²) >= 11 is 0. The van der Waals surface area contributed by atoms with Crippen molar-refractivity contribution in [1.29, 1.82) is 0 Å². The summed E-state index contributed by atoms with van der Waals surface area (Å²) in [7, 11) is 0. The van der Waals surface area contributed by atoms with Crippen LogP contribution in [0, 0.1) is 0 Å². The molecule has 0 unspecified atom stereocenters. The summed E-state index contributed by atoms with van der Waals surface area (Å²) in [6.45, 7) is 4.22. The fourth-order valence-corrected chi connectivity index (χ4v) is 1.68. The average molecular weight is 306 g/mol. The maximum absolute atomic E-state index is 12.0. The summed E-state index contributed by atoms with van der Waals surface area (Å²) in [6.07, 6.45) is 4.25. The van der Waals surface area contributed by atoms with E-state index in [0.717, 1.165) is 19.3 Å². The molecule has 0 N–H and O–H groups in total. The van der Waals surface area contributed by atoms with Gasteiger partial charge >= 0.3 is 11.9 Å². The van der Waals surface area contributed by atoms with Crippen molar-refractivity contribution < 1.29 is 24.1 Å². The van der Waals surface area contributed by atoms with Gasteiger partial charge in [0.05, 0.1) is 13.2 Å². The molecule has 0 saturated heterocycles. The molecule has 0 bridgehead atoms. The van der Waals surface area contributed by atoms with Gasteiger partial charge in [-0.25, -0.2) is 9.59 Å². The van der Waals surface area contributed by atoms with Gasteiger partial charge in [-0.05, 0) is 25.0 Å². The maximum atomic E-state index is 12.0. The molecule has 22 heavy (non-hydrogen) atoms. The molecule has 1 aromatic rings. The van der Waals surface area contributed by atoms with Gasteiger partial charge in [0.1, 0.15) is 5.57 Å². The van der Waals surface area contributed by atoms with Crippen LogP contribution in [0.15, 0.2) is 35.9 Å². The SMILES string of the molecule is CCCCCOOC(=O)C(=Cc1ccccc1)C(=O)OCC. The van der Waals surface area contributed by atoms with Gasteiger partial charge in [-0.3, -0.25) is 4.89 Å². The van der Waals surface area contributed by atoms with Gasteiger partial charge in [-0.15, -0.1) is 0 Å². The van der Waals surface area contributed by atoms with Crippen molar-refractivity contribution in [2.75, 3.05) is 13.2 Å². The second-order valence-corrected chi connectivity index (χ2v) is 4.59. The highest BCUT2D eigenvalue weighted by molar-refractivity contribution is 6.17. The van der Waals surface area contributed by atoms with Gasteiger partial charge in [-0.1, -0.05) is 50.1 Å². The molecule has 0 aliphatic carbocycles. The molecular formula is C17H22O5. The smallest absolute Gasteiger partial charge is 0.380 e. The Bertz CT molecular complexity index is 493. The molecule has 1 aromatic carbocycles. The van der Waals surface area contributed by atoms with Gasteiger partial charge in [0.15, 0.2) is 0 Å². The summed E-state index contributed by atoms with van der Waals surface area (Å²) in [6, 6.07) is 9.00. The van der Waals surface area contributed by atoms with Crippen molar-refractivity contribution >= 4 is 18.0 Å². The molecule has 120 valence electrons. The van der Waals surface area contributed by atoms with Crippen molar-refractivity contribution in [3.63, 3.8) is 0 Å². The van der Waals surface area contributed by atoms with Crippen LogP contribution in [-0.4, -0.2) is 25.2 Å². The number of carbonyl (C=O) groups is 2. The Hall–Kier alpha value is -2.14. The Labute approximate surface area is 130 Å². The van der Waals surface area contributed by atoms with Crippen LogP contribution >= 0.6 is 0 Å². The predicted octanol–water partition coefficient (Wildman–Crippen LogP) is 3.30. The van der Waals surface area contributed by atoms with Crippen LogP contribution in [0.2, 0.25) is 0 Å². The maximum Gasteiger partial charge on any atom is 0.380 e. The molecule has 0 saturated carbocycles. The van der Waals surface area contributed by atoms with Gasteiger partial charge < -0.3 is 4.74 Å². The molecule has 0 aliphatic heterocycles. The average Bonchev–Trinajstić information content (AvgIpc) is 2.53. The molecule has 0 amide bonds. The molecule has 0 aliphatic rings. The van der Waals surface area contributed by atoms with Crippen molar-refractivity contribution in [2.24, 2.45) is 0 Å². The Morgan fingerprint density at radius 3 is 2.41 bits per heavy atom. The minimum absolute atomic E-state index is 0.176. The van der Waals surface area contributed by atoms with E-state index < -0.39 is 11.9 Å². The first-order chi connectivity index (χ1) is 10.7. The normalized spacial score (nSPS) is 11.1. The molecule has 0 fully saturated rings. The van der Waals surface area contributed by atoms with Crippen molar-refractivity contribution in [3.8, 4) is 0 Å². The van der Waals surface area contributed by atoms with Crippen LogP contribution in [0.5, 0.6) is 0 Å². The van der Waals surface area contributed by atoms with Gasteiger partial charge in [0, 0.05) is 0 Å². The van der Waals surface area contributed by atoms with Crippen LogP contribution in [0.25, 0.3) is 6.08 Å². The summed E-state index contributed by atoms with van der Waals surface area (Å²) in [5.41, 5.74) is 0.511. The van der Waals surface area contributed by atoms with Crippen LogP contribution in [0.3, 0.4) is 0 Å². The summed E-state index contributed by atoms with van der Waals surface area (Å²) < 4.78 is 4.88. The third kappa shape index (κ3) is 6.54. The van der Waals surface area contributed by atoms with E-state index in [-0.39, 0.29) is 12.2 Å². The zero-order valence-corrected chi connectivity index (χ0v) is 13.0. The molecule has 5 heteroatoms. The van der Waals surface area contributed by atoms with Crippen LogP contribution in [0.4, 0.5) is 0 Å². The molecule has 0 atom stereocenters. The monoisotopic (exact) mass is 306 g/mol. The molecule has 0 spiro atoms. The van der Waals surface area contributed by atoms with E-state index in [4.69, 9.17) is 9.62 Å². The molecule has 0 heterocycles. The van der Waals surface area contributed by atoms with Crippen LogP contribution in [0.1, 0.15) is 38.7 Å². The fourth-order valence-electron chi connectivity index (χ4n) is 1.68. The lowest BCUT2D eigenvalue weighted by atomic mass is 10.1. The number of esters is 1. The molecular weight excluding hydrogens is 284 g/mol. The van der Waals surface area contributed by atoms with Gasteiger partial charge in [0.2, 0.25) is 0 Å². The van der Waals surface area contributed by atoms with Crippen LogP contribution in [-0.2, 0) is 24.1 Å². The molecule has 0 radical (unpaired) electrons. The third-order valence-electron chi connectivity index (χ3n) is 2.79. The topological polar surface area (TPSA) is 61.8 Å². The van der Waals surface area contributed by atoms with E-state index in [1.165, 1.54) is 6.08 Å². The number of carbonyl (C=O) groups excluding carboxylic acids is 2. The first-order valence-electron chi connectivity index (χ1n) is 7.46. The lowest BCUT2D eigenvalue weighted by molar-refractivity contribution is -0.268. The van der Waals surface area contributed by atoms with E-state index in [0.29, 0.717) is 12.2 Å². The highest BCUT2D eigenvalue weighted by atomic mass is 17.2. The Kier molecular flexibility index (Phi) is 8.60. The van der Waals surface area contributed by atoms with E-state index in [1.54, 1.807) is 31.2 Å². The number of hydrogen-bond donors (Lipinski definition) is 0. The predicted molar refractivity (Wildman–Crippen MR) is 82.6 cm³/mol. The largest absolute Gasteiger partial charge is 0.462 e. The second kappa shape index (κ2) is 10.6. The fraction of sp³-hybridized carbons (Fsp3) is 0.412. The zero-order valence-electron chi connectivity index (χ0n) is 13.0. The van der Waals surface area contributed by atoms with Crippen molar-refractivity contribution in [1.82, 2.24) is 0 Å². The van der Waals surface area contributed by atoms with E-state index in [9.17, 15) is 9.59 Å². The lowest BCUT2D eigenvalue weighted by Crippen LogP contribution is -2.18. The highest BCUT2D eigenvalue weighted by Gasteiger charge is 2.22. The number of ether oxygens (including phenoxy) is 1. The Balaban J connectivity index is 2.71. The van der Waals surface area contributed by atoms with E-state index in [1.807, 2.05) is 6.07 Å². The van der Waals surface area contributed by atoms with E-state index >= 15 is 0 Å².